The van der Waals surface area contributed by atoms with E-state index in [1.807, 2.05) is 37.3 Å². The number of nitrogens with two attached hydrogens (primary N) is 1. The molecule has 0 aliphatic rings. The van der Waals surface area contributed by atoms with Gasteiger partial charge >= 0.3 is 0 Å². The molecule has 1 aromatic carbocycles. The number of rotatable bonds is 8. The monoisotopic (exact) mass is 402 g/mol. The second-order valence-corrected chi connectivity index (χ2v) is 7.08. The third-order valence-electron chi connectivity index (χ3n) is 3.41. The highest BCUT2D eigenvalue weighted by molar-refractivity contribution is 7.99. The van der Waals surface area contributed by atoms with E-state index in [-0.39, 0.29) is 11.7 Å². The van der Waals surface area contributed by atoms with E-state index in [1.165, 1.54) is 27.8 Å². The molecule has 4 N–H and O–H groups in total. The van der Waals surface area contributed by atoms with Crippen molar-refractivity contribution < 1.29 is 4.79 Å². The third kappa shape index (κ3) is 5.05. The number of carbonyl (C=O) groups is 1. The third-order valence-corrected chi connectivity index (χ3v) is 5.04. The molecule has 27 heavy (non-hydrogen) atoms. The van der Waals surface area contributed by atoms with Gasteiger partial charge in [0.15, 0.2) is 5.13 Å². The normalized spacial score (nSPS) is 11.4. The topological polar surface area (TPSA) is 123 Å². The van der Waals surface area contributed by atoms with Gasteiger partial charge in [-0.3, -0.25) is 4.79 Å². The van der Waals surface area contributed by atoms with Crippen molar-refractivity contribution >= 4 is 45.8 Å². The maximum atomic E-state index is 11.9. The van der Waals surface area contributed by atoms with Gasteiger partial charge in [-0.05, 0) is 12.0 Å². The summed E-state index contributed by atoms with van der Waals surface area (Å²) in [6, 6.07) is 9.84. The molecule has 3 rings (SSSR count). The van der Waals surface area contributed by atoms with Gasteiger partial charge in [-0.15, -0.1) is 21.5 Å². The molecule has 0 aliphatic heterocycles. The highest BCUT2D eigenvalue weighted by atomic mass is 32.2. The summed E-state index contributed by atoms with van der Waals surface area (Å²) in [6.07, 6.45) is 2.37. The molecule has 3 aromatic rings. The number of nitrogens with one attached hydrogen (secondary N) is 2. The van der Waals surface area contributed by atoms with Crippen molar-refractivity contribution in [2.24, 2.45) is 5.10 Å². The number of thiazole rings is 1. The van der Waals surface area contributed by atoms with Crippen LogP contribution in [0.5, 0.6) is 0 Å². The second kappa shape index (κ2) is 9.14. The Morgan fingerprint density at radius 2 is 2.15 bits per heavy atom. The first-order valence-electron chi connectivity index (χ1n) is 8.08. The van der Waals surface area contributed by atoms with E-state index in [1.54, 1.807) is 11.6 Å². The number of benzene rings is 1. The molecule has 0 saturated heterocycles. The van der Waals surface area contributed by atoms with Crippen LogP contribution in [0.4, 0.5) is 11.1 Å². The fourth-order valence-electron chi connectivity index (χ4n) is 2.12. The number of nitrogens with zero attached hydrogens (tertiary/aromatic N) is 5. The number of nitrogen functional groups attached to an aromatic ring is 1. The van der Waals surface area contributed by atoms with Gasteiger partial charge in [0.2, 0.25) is 11.1 Å². The van der Waals surface area contributed by atoms with Crippen molar-refractivity contribution in [1.29, 1.82) is 0 Å². The Balaban J connectivity index is 1.59. The molecule has 0 unspecified atom stereocenters. The number of amides is 1. The van der Waals surface area contributed by atoms with Gasteiger partial charge in [-0.1, -0.05) is 49.0 Å². The molecule has 0 radical (unpaired) electrons. The Labute approximate surface area is 164 Å². The molecule has 1 amide bonds. The molecule has 0 atom stereocenters. The Morgan fingerprint density at radius 1 is 1.33 bits per heavy atom. The van der Waals surface area contributed by atoms with Crippen molar-refractivity contribution in [3.8, 4) is 0 Å². The highest BCUT2D eigenvalue weighted by Crippen LogP contribution is 2.18. The van der Waals surface area contributed by atoms with Gasteiger partial charge < -0.3 is 11.2 Å². The molecule has 2 heterocycles. The summed E-state index contributed by atoms with van der Waals surface area (Å²) in [5.41, 5.74) is 4.73. The van der Waals surface area contributed by atoms with Gasteiger partial charge in [-0.25, -0.2) is 15.1 Å². The number of hydrogen-bond acceptors (Lipinski definition) is 9. The quantitative estimate of drug-likeness (QED) is 0.229. The molecular formula is C16H18N8OS2. The predicted molar refractivity (Wildman–Crippen MR) is 109 cm³/mol. The van der Waals surface area contributed by atoms with Gasteiger partial charge in [0.1, 0.15) is 0 Å². The summed E-state index contributed by atoms with van der Waals surface area (Å²) in [7, 11) is 0. The summed E-state index contributed by atoms with van der Waals surface area (Å²) in [5.74, 6) is 6.23. The SMILES string of the molecule is CC/C(=N\Nc1nnc(SCC(=O)Nc2nccs2)n1N)c1ccccc1. The summed E-state index contributed by atoms with van der Waals surface area (Å²) in [6.45, 7) is 2.02. The van der Waals surface area contributed by atoms with Gasteiger partial charge in [0.25, 0.3) is 5.95 Å². The minimum Gasteiger partial charge on any atom is -0.334 e. The van der Waals surface area contributed by atoms with Crippen molar-refractivity contribution in [2.45, 2.75) is 18.5 Å². The largest absolute Gasteiger partial charge is 0.334 e. The van der Waals surface area contributed by atoms with Crippen molar-refractivity contribution in [2.75, 3.05) is 22.3 Å². The summed E-state index contributed by atoms with van der Waals surface area (Å²) >= 11 is 2.53. The predicted octanol–water partition coefficient (Wildman–Crippen LogP) is 2.41. The van der Waals surface area contributed by atoms with E-state index >= 15 is 0 Å². The summed E-state index contributed by atoms with van der Waals surface area (Å²) in [4.78, 5) is 15.9. The lowest BCUT2D eigenvalue weighted by Crippen LogP contribution is -2.17. The van der Waals surface area contributed by atoms with E-state index in [0.717, 1.165) is 17.7 Å². The summed E-state index contributed by atoms with van der Waals surface area (Å²) < 4.78 is 1.27. The highest BCUT2D eigenvalue weighted by Gasteiger charge is 2.13. The van der Waals surface area contributed by atoms with Gasteiger partial charge in [0, 0.05) is 11.6 Å². The van der Waals surface area contributed by atoms with E-state index in [9.17, 15) is 4.79 Å². The van der Waals surface area contributed by atoms with Crippen LogP contribution >= 0.6 is 23.1 Å². The zero-order chi connectivity index (χ0) is 19.1. The Hall–Kier alpha value is -2.92. The lowest BCUT2D eigenvalue weighted by Gasteiger charge is -2.06. The fraction of sp³-hybridized carbons (Fsp3) is 0.188. The van der Waals surface area contributed by atoms with E-state index < -0.39 is 0 Å². The lowest BCUT2D eigenvalue weighted by atomic mass is 10.1. The number of aromatic nitrogens is 4. The molecule has 0 bridgehead atoms. The van der Waals surface area contributed by atoms with E-state index in [2.05, 4.69) is 31.0 Å². The molecule has 2 aromatic heterocycles. The first kappa shape index (κ1) is 18.9. The van der Waals surface area contributed by atoms with Crippen LogP contribution in [0.25, 0.3) is 0 Å². The molecule has 0 saturated carbocycles. The lowest BCUT2D eigenvalue weighted by molar-refractivity contribution is -0.113. The number of thioether (sulfide) groups is 1. The van der Waals surface area contributed by atoms with Crippen molar-refractivity contribution in [3.63, 3.8) is 0 Å². The molecule has 0 fully saturated rings. The van der Waals surface area contributed by atoms with Crippen molar-refractivity contribution in [1.82, 2.24) is 19.9 Å². The molecule has 9 nitrogen and oxygen atoms in total. The van der Waals surface area contributed by atoms with Crippen molar-refractivity contribution in [3.05, 3.63) is 47.5 Å². The molecule has 0 spiro atoms. The molecule has 0 aliphatic carbocycles. The van der Waals surface area contributed by atoms with Gasteiger partial charge in [-0.2, -0.15) is 5.10 Å². The Bertz CT molecular complexity index is 908. The van der Waals surface area contributed by atoms with Gasteiger partial charge in [0.05, 0.1) is 11.5 Å². The van der Waals surface area contributed by atoms with Crippen LogP contribution in [0, 0.1) is 0 Å². The zero-order valence-corrected chi connectivity index (χ0v) is 16.1. The smallest absolute Gasteiger partial charge is 0.264 e. The first-order chi connectivity index (χ1) is 13.2. The average molecular weight is 403 g/mol. The van der Waals surface area contributed by atoms with Crippen LogP contribution in [0.1, 0.15) is 18.9 Å². The Kier molecular flexibility index (Phi) is 6.39. The van der Waals surface area contributed by atoms with Crippen LogP contribution in [0.15, 0.2) is 52.2 Å². The maximum absolute atomic E-state index is 11.9. The number of hydrazone groups is 1. The van der Waals surface area contributed by atoms with Crippen LogP contribution in [0.3, 0.4) is 0 Å². The molecular weight excluding hydrogens is 384 g/mol. The molecule has 140 valence electrons. The number of carbonyl (C=O) groups excluding carboxylic acids is 1. The Morgan fingerprint density at radius 3 is 2.85 bits per heavy atom. The van der Waals surface area contributed by atoms with E-state index in [0.29, 0.717) is 16.2 Å². The minimum absolute atomic E-state index is 0.141. The maximum Gasteiger partial charge on any atom is 0.264 e. The number of anilines is 2. The van der Waals surface area contributed by atoms with Crippen LogP contribution in [-0.4, -0.2) is 37.2 Å². The fourth-order valence-corrected chi connectivity index (χ4v) is 3.32. The van der Waals surface area contributed by atoms with Crippen LogP contribution in [-0.2, 0) is 4.79 Å². The zero-order valence-electron chi connectivity index (χ0n) is 14.5. The standard InChI is InChI=1S/C16H18N8OS2/c1-2-12(11-6-4-3-5-7-11)20-21-14-22-23-16(24(14)17)27-10-13(25)19-15-18-8-9-26-15/h3-9H,2,10,17H2,1H3,(H,21,22)(H,18,19,25)/b20-12+. The van der Waals surface area contributed by atoms with Crippen LogP contribution in [0.2, 0.25) is 0 Å². The summed E-state index contributed by atoms with van der Waals surface area (Å²) in [5, 5.41) is 17.8. The van der Waals surface area contributed by atoms with Crippen LogP contribution < -0.4 is 16.6 Å². The minimum atomic E-state index is -0.192. The average Bonchev–Trinajstić information content (AvgIpc) is 3.32. The van der Waals surface area contributed by atoms with E-state index in [4.69, 9.17) is 5.84 Å². The number of hydrogen-bond donors (Lipinski definition) is 3. The molecule has 11 heteroatoms. The first-order valence-corrected chi connectivity index (χ1v) is 9.94. The second-order valence-electron chi connectivity index (χ2n) is 5.24.